The first-order valence-corrected chi connectivity index (χ1v) is 7.30. The summed E-state index contributed by atoms with van der Waals surface area (Å²) in [5.41, 5.74) is 1.02. The molecule has 1 saturated carbocycles. The Bertz CT molecular complexity index is 481. The molecule has 2 rings (SSSR count). The zero-order valence-electron chi connectivity index (χ0n) is 12.3. The number of carbonyl (C=O) groups is 1. The van der Waals surface area contributed by atoms with Crippen LogP contribution in [0.25, 0.3) is 0 Å². The van der Waals surface area contributed by atoms with E-state index in [1.807, 2.05) is 7.05 Å². The van der Waals surface area contributed by atoms with E-state index in [9.17, 15) is 9.18 Å². The lowest BCUT2D eigenvalue weighted by Gasteiger charge is -2.36. The van der Waals surface area contributed by atoms with Gasteiger partial charge in [0.25, 0.3) is 0 Å². The average molecular weight is 278 g/mol. The lowest BCUT2D eigenvalue weighted by molar-refractivity contribution is -0.117. The van der Waals surface area contributed by atoms with E-state index in [-0.39, 0.29) is 17.3 Å². The van der Waals surface area contributed by atoms with E-state index in [4.69, 9.17) is 0 Å². The maximum atomic E-state index is 13.5. The Morgan fingerprint density at radius 1 is 1.30 bits per heavy atom. The maximum Gasteiger partial charge on any atom is 0.226 e. The van der Waals surface area contributed by atoms with Crippen LogP contribution >= 0.6 is 0 Å². The van der Waals surface area contributed by atoms with Crippen LogP contribution in [0.4, 0.5) is 10.1 Å². The van der Waals surface area contributed by atoms with Crippen molar-refractivity contribution in [1.29, 1.82) is 0 Å². The molecule has 1 fully saturated rings. The predicted octanol–water partition coefficient (Wildman–Crippen LogP) is 3.39. The molecule has 0 aromatic heterocycles. The van der Waals surface area contributed by atoms with Gasteiger partial charge >= 0.3 is 0 Å². The van der Waals surface area contributed by atoms with Crippen molar-refractivity contribution in [3.8, 4) is 0 Å². The number of rotatable bonds is 4. The minimum absolute atomic E-state index is 0.0514. The number of carbonyl (C=O) groups excluding carboxylic acids is 1. The minimum atomic E-state index is -0.288. The van der Waals surface area contributed by atoms with Crippen molar-refractivity contribution < 1.29 is 9.18 Å². The van der Waals surface area contributed by atoms with Crippen LogP contribution in [0.1, 0.15) is 44.1 Å². The molecule has 0 atom stereocenters. The summed E-state index contributed by atoms with van der Waals surface area (Å²) in [5, 5.41) is 6.12. The Morgan fingerprint density at radius 3 is 2.60 bits per heavy atom. The van der Waals surface area contributed by atoms with Gasteiger partial charge in [-0.25, -0.2) is 4.39 Å². The summed E-state index contributed by atoms with van der Waals surface area (Å²) < 4.78 is 13.5. The van der Waals surface area contributed by atoms with Gasteiger partial charge in [0.2, 0.25) is 5.91 Å². The fourth-order valence-electron chi connectivity index (χ4n) is 2.93. The van der Waals surface area contributed by atoms with Gasteiger partial charge in [-0.05, 0) is 44.5 Å². The highest BCUT2D eigenvalue weighted by Gasteiger charge is 2.32. The van der Waals surface area contributed by atoms with Gasteiger partial charge in [-0.2, -0.15) is 0 Å². The monoisotopic (exact) mass is 278 g/mol. The van der Waals surface area contributed by atoms with Crippen molar-refractivity contribution in [2.75, 3.05) is 12.4 Å². The Kier molecular flexibility index (Phi) is 4.76. The number of amides is 1. The quantitative estimate of drug-likeness (QED) is 0.886. The zero-order chi connectivity index (χ0) is 14.6. The second-order valence-corrected chi connectivity index (χ2v) is 5.78. The van der Waals surface area contributed by atoms with Gasteiger partial charge < -0.3 is 10.6 Å². The summed E-state index contributed by atoms with van der Waals surface area (Å²) in [6.07, 6.45) is 6.06. The molecule has 0 spiro atoms. The zero-order valence-corrected chi connectivity index (χ0v) is 12.3. The minimum Gasteiger partial charge on any atom is -0.326 e. The van der Waals surface area contributed by atoms with Crippen LogP contribution in [0.5, 0.6) is 0 Å². The van der Waals surface area contributed by atoms with Crippen LogP contribution in [-0.4, -0.2) is 18.5 Å². The SMILES string of the molecule is CNC1(CC(=O)Nc2ccc(C)c(F)c2)CCCCC1. The summed E-state index contributed by atoms with van der Waals surface area (Å²) in [6, 6.07) is 4.79. The third-order valence-electron chi connectivity index (χ3n) is 4.30. The van der Waals surface area contributed by atoms with E-state index in [0.717, 1.165) is 25.7 Å². The number of hydrogen-bond donors (Lipinski definition) is 2. The van der Waals surface area contributed by atoms with Gasteiger partial charge in [0.1, 0.15) is 5.82 Å². The van der Waals surface area contributed by atoms with Crippen molar-refractivity contribution >= 4 is 11.6 Å². The second kappa shape index (κ2) is 6.35. The van der Waals surface area contributed by atoms with Crippen LogP contribution in [0.2, 0.25) is 0 Å². The first kappa shape index (κ1) is 15.0. The molecule has 20 heavy (non-hydrogen) atoms. The van der Waals surface area contributed by atoms with E-state index in [1.54, 1.807) is 19.1 Å². The van der Waals surface area contributed by atoms with Gasteiger partial charge in [0, 0.05) is 17.6 Å². The molecular formula is C16H23FN2O. The van der Waals surface area contributed by atoms with Gasteiger partial charge in [0.15, 0.2) is 0 Å². The fourth-order valence-corrected chi connectivity index (χ4v) is 2.93. The van der Waals surface area contributed by atoms with Crippen LogP contribution in [0.15, 0.2) is 18.2 Å². The number of anilines is 1. The largest absolute Gasteiger partial charge is 0.326 e. The molecule has 0 radical (unpaired) electrons. The van der Waals surface area contributed by atoms with Crippen molar-refractivity contribution in [1.82, 2.24) is 5.32 Å². The molecule has 110 valence electrons. The van der Waals surface area contributed by atoms with Crippen LogP contribution in [0.3, 0.4) is 0 Å². The molecule has 1 amide bonds. The smallest absolute Gasteiger partial charge is 0.226 e. The Balaban J connectivity index is 1.98. The average Bonchev–Trinajstić information content (AvgIpc) is 2.44. The molecule has 1 aliphatic carbocycles. The summed E-state index contributed by atoms with van der Waals surface area (Å²) in [4.78, 5) is 12.2. The summed E-state index contributed by atoms with van der Waals surface area (Å²) in [7, 11) is 1.92. The van der Waals surface area contributed by atoms with Gasteiger partial charge in [-0.3, -0.25) is 4.79 Å². The lowest BCUT2D eigenvalue weighted by Crippen LogP contribution is -2.47. The predicted molar refractivity (Wildman–Crippen MR) is 79.3 cm³/mol. The highest BCUT2D eigenvalue weighted by Crippen LogP contribution is 2.31. The number of hydrogen-bond acceptors (Lipinski definition) is 2. The van der Waals surface area contributed by atoms with E-state index in [1.165, 1.54) is 12.5 Å². The molecule has 0 saturated heterocycles. The number of nitrogens with one attached hydrogen (secondary N) is 2. The van der Waals surface area contributed by atoms with Crippen molar-refractivity contribution in [2.24, 2.45) is 0 Å². The number of aryl methyl sites for hydroxylation is 1. The highest BCUT2D eigenvalue weighted by atomic mass is 19.1. The second-order valence-electron chi connectivity index (χ2n) is 5.78. The van der Waals surface area contributed by atoms with Crippen molar-refractivity contribution in [3.05, 3.63) is 29.6 Å². The Hall–Kier alpha value is -1.42. The molecule has 4 heteroatoms. The van der Waals surface area contributed by atoms with Crippen LogP contribution < -0.4 is 10.6 Å². The van der Waals surface area contributed by atoms with Gasteiger partial charge in [0.05, 0.1) is 0 Å². The number of halogens is 1. The summed E-state index contributed by atoms with van der Waals surface area (Å²) in [5.74, 6) is -0.340. The third-order valence-corrected chi connectivity index (χ3v) is 4.30. The molecule has 1 aliphatic rings. The first-order chi connectivity index (χ1) is 9.54. The molecular weight excluding hydrogens is 255 g/mol. The van der Waals surface area contributed by atoms with E-state index < -0.39 is 0 Å². The Morgan fingerprint density at radius 2 is 2.00 bits per heavy atom. The van der Waals surface area contributed by atoms with E-state index in [2.05, 4.69) is 10.6 Å². The van der Waals surface area contributed by atoms with E-state index >= 15 is 0 Å². The molecule has 0 heterocycles. The number of benzene rings is 1. The highest BCUT2D eigenvalue weighted by molar-refractivity contribution is 5.91. The standard InChI is InChI=1S/C16H23FN2O/c1-12-6-7-13(10-14(12)17)19-15(20)11-16(18-2)8-4-3-5-9-16/h6-7,10,18H,3-5,8-9,11H2,1-2H3,(H,19,20). The molecule has 1 aromatic carbocycles. The first-order valence-electron chi connectivity index (χ1n) is 7.30. The van der Waals surface area contributed by atoms with Crippen molar-refractivity contribution in [2.45, 2.75) is 51.0 Å². The molecule has 2 N–H and O–H groups in total. The Labute approximate surface area is 120 Å². The molecule has 0 aliphatic heterocycles. The van der Waals surface area contributed by atoms with Crippen LogP contribution in [0, 0.1) is 12.7 Å². The third kappa shape index (κ3) is 3.57. The summed E-state index contributed by atoms with van der Waals surface area (Å²) >= 11 is 0. The lowest BCUT2D eigenvalue weighted by atomic mass is 9.79. The molecule has 3 nitrogen and oxygen atoms in total. The molecule has 0 unspecified atom stereocenters. The fraction of sp³-hybridized carbons (Fsp3) is 0.562. The normalized spacial score (nSPS) is 17.8. The van der Waals surface area contributed by atoms with Crippen LogP contribution in [-0.2, 0) is 4.79 Å². The van der Waals surface area contributed by atoms with Crippen molar-refractivity contribution in [3.63, 3.8) is 0 Å². The summed E-state index contributed by atoms with van der Waals surface area (Å²) in [6.45, 7) is 1.71. The van der Waals surface area contributed by atoms with Gasteiger partial charge in [-0.1, -0.05) is 25.3 Å². The topological polar surface area (TPSA) is 41.1 Å². The molecule has 1 aromatic rings. The van der Waals surface area contributed by atoms with E-state index in [0.29, 0.717) is 17.7 Å². The molecule has 0 bridgehead atoms. The van der Waals surface area contributed by atoms with Gasteiger partial charge in [-0.15, -0.1) is 0 Å². The maximum absolute atomic E-state index is 13.5.